The van der Waals surface area contributed by atoms with Crippen molar-refractivity contribution >= 4 is 5.91 Å². The van der Waals surface area contributed by atoms with Gasteiger partial charge in [-0.2, -0.15) is 5.10 Å². The Morgan fingerprint density at radius 3 is 2.72 bits per heavy atom. The van der Waals surface area contributed by atoms with Gasteiger partial charge < -0.3 is 10.1 Å². The Labute approximate surface area is 171 Å². The molecular formula is C24H27N3O2. The molecule has 1 amide bonds. The van der Waals surface area contributed by atoms with Crippen LogP contribution in [0.3, 0.4) is 0 Å². The van der Waals surface area contributed by atoms with Crippen molar-refractivity contribution in [2.45, 2.75) is 39.3 Å². The molecule has 5 heteroatoms. The predicted molar refractivity (Wildman–Crippen MR) is 114 cm³/mol. The minimum Gasteiger partial charge on any atom is -0.376 e. The maximum absolute atomic E-state index is 13.0. The van der Waals surface area contributed by atoms with E-state index in [1.165, 1.54) is 11.1 Å². The fourth-order valence-electron chi connectivity index (χ4n) is 3.65. The number of hydrogen-bond donors (Lipinski definition) is 1. The molecule has 2 heterocycles. The van der Waals surface area contributed by atoms with E-state index in [1.807, 2.05) is 35.1 Å². The van der Waals surface area contributed by atoms with Crippen LogP contribution in [0.1, 0.15) is 39.9 Å². The summed E-state index contributed by atoms with van der Waals surface area (Å²) in [5.41, 5.74) is 5.83. The molecule has 0 aliphatic carbocycles. The predicted octanol–water partition coefficient (Wildman–Crippen LogP) is 4.12. The highest BCUT2D eigenvalue weighted by molar-refractivity contribution is 5.99. The lowest BCUT2D eigenvalue weighted by molar-refractivity contribution is 0.0858. The highest BCUT2D eigenvalue weighted by atomic mass is 16.5. The minimum atomic E-state index is -0.104. The standard InChI is InChI=1S/C24H27N3O2/c1-17-10-11-20(13-18(17)2)23-22(24(28)25-14-21-9-6-12-29-21)16-27(26-23)15-19-7-4-3-5-8-19/h3-5,7-8,10-11,13,16,21H,6,9,12,14-15H2,1-2H3,(H,25,28)/t21-/m0/s1. The van der Waals surface area contributed by atoms with Crippen LogP contribution in [0.15, 0.2) is 54.7 Å². The molecule has 1 aromatic heterocycles. The zero-order valence-electron chi connectivity index (χ0n) is 17.0. The van der Waals surface area contributed by atoms with Crippen molar-refractivity contribution in [2.24, 2.45) is 0 Å². The first-order valence-electron chi connectivity index (χ1n) is 10.2. The summed E-state index contributed by atoms with van der Waals surface area (Å²) in [5.74, 6) is -0.104. The van der Waals surface area contributed by atoms with E-state index in [1.54, 1.807) is 0 Å². The maximum atomic E-state index is 13.0. The molecule has 0 spiro atoms. The second kappa shape index (κ2) is 8.62. The zero-order valence-corrected chi connectivity index (χ0v) is 17.0. The summed E-state index contributed by atoms with van der Waals surface area (Å²) in [6.45, 7) is 6.11. The lowest BCUT2D eigenvalue weighted by Crippen LogP contribution is -2.31. The average Bonchev–Trinajstić information content (AvgIpc) is 3.39. The lowest BCUT2D eigenvalue weighted by Gasteiger charge is -2.11. The fourth-order valence-corrected chi connectivity index (χ4v) is 3.65. The van der Waals surface area contributed by atoms with Gasteiger partial charge in [0.1, 0.15) is 5.69 Å². The van der Waals surface area contributed by atoms with Crippen molar-refractivity contribution in [3.63, 3.8) is 0 Å². The quantitative estimate of drug-likeness (QED) is 0.690. The first-order valence-corrected chi connectivity index (χ1v) is 10.2. The van der Waals surface area contributed by atoms with Crippen LogP contribution in [0.25, 0.3) is 11.3 Å². The van der Waals surface area contributed by atoms with E-state index in [9.17, 15) is 4.79 Å². The minimum absolute atomic E-state index is 0.104. The van der Waals surface area contributed by atoms with E-state index in [2.05, 4.69) is 43.4 Å². The van der Waals surface area contributed by atoms with Gasteiger partial charge in [0, 0.05) is 24.9 Å². The van der Waals surface area contributed by atoms with Crippen LogP contribution in [-0.2, 0) is 11.3 Å². The van der Waals surface area contributed by atoms with Crippen LogP contribution in [-0.4, -0.2) is 34.9 Å². The molecule has 1 N–H and O–H groups in total. The molecule has 5 nitrogen and oxygen atoms in total. The summed E-state index contributed by atoms with van der Waals surface area (Å²) in [6, 6.07) is 16.4. The van der Waals surface area contributed by atoms with Gasteiger partial charge in [-0.15, -0.1) is 0 Å². The number of aryl methyl sites for hydroxylation is 2. The van der Waals surface area contributed by atoms with Crippen molar-refractivity contribution in [1.29, 1.82) is 0 Å². The van der Waals surface area contributed by atoms with Crippen LogP contribution in [0.4, 0.5) is 0 Å². The Bertz CT molecular complexity index is 989. The maximum Gasteiger partial charge on any atom is 0.255 e. The van der Waals surface area contributed by atoms with Gasteiger partial charge in [0.25, 0.3) is 5.91 Å². The normalized spacial score (nSPS) is 16.1. The third kappa shape index (κ3) is 4.57. The highest BCUT2D eigenvalue weighted by Gasteiger charge is 2.21. The van der Waals surface area contributed by atoms with Crippen molar-refractivity contribution in [1.82, 2.24) is 15.1 Å². The Morgan fingerprint density at radius 1 is 1.17 bits per heavy atom. The first-order chi connectivity index (χ1) is 14.1. The monoisotopic (exact) mass is 389 g/mol. The molecule has 1 atom stereocenters. The van der Waals surface area contributed by atoms with Gasteiger partial charge in [-0.3, -0.25) is 9.48 Å². The Hall–Kier alpha value is -2.92. The van der Waals surface area contributed by atoms with Gasteiger partial charge in [0.2, 0.25) is 0 Å². The number of aromatic nitrogens is 2. The molecule has 1 aliphatic rings. The molecule has 3 aromatic rings. The van der Waals surface area contributed by atoms with Crippen LogP contribution < -0.4 is 5.32 Å². The summed E-state index contributed by atoms with van der Waals surface area (Å²) < 4.78 is 7.48. The van der Waals surface area contributed by atoms with Gasteiger partial charge in [-0.1, -0.05) is 42.5 Å². The number of carbonyl (C=O) groups is 1. The number of carbonyl (C=O) groups excluding carboxylic acids is 1. The SMILES string of the molecule is Cc1ccc(-c2nn(Cc3ccccc3)cc2C(=O)NC[C@@H]2CCCO2)cc1C. The van der Waals surface area contributed by atoms with Crippen molar-refractivity contribution in [3.05, 3.63) is 77.0 Å². The second-order valence-electron chi connectivity index (χ2n) is 7.72. The number of nitrogens with zero attached hydrogens (tertiary/aromatic N) is 2. The van der Waals surface area contributed by atoms with Crippen molar-refractivity contribution in [2.75, 3.05) is 13.2 Å². The molecule has 150 valence electrons. The summed E-state index contributed by atoms with van der Waals surface area (Å²) >= 11 is 0. The topological polar surface area (TPSA) is 56.2 Å². The molecule has 1 aliphatic heterocycles. The van der Waals surface area contributed by atoms with E-state index in [4.69, 9.17) is 9.84 Å². The largest absolute Gasteiger partial charge is 0.376 e. The molecule has 0 radical (unpaired) electrons. The average molecular weight is 389 g/mol. The molecule has 29 heavy (non-hydrogen) atoms. The van der Waals surface area contributed by atoms with Gasteiger partial charge >= 0.3 is 0 Å². The summed E-state index contributed by atoms with van der Waals surface area (Å²) in [4.78, 5) is 13.0. The van der Waals surface area contributed by atoms with Gasteiger partial charge in [-0.25, -0.2) is 0 Å². The number of rotatable bonds is 6. The summed E-state index contributed by atoms with van der Waals surface area (Å²) in [6.07, 6.45) is 4.02. The van der Waals surface area contributed by atoms with Crippen molar-refractivity contribution < 1.29 is 9.53 Å². The number of benzene rings is 2. The molecule has 1 saturated heterocycles. The van der Waals surface area contributed by atoms with E-state index < -0.39 is 0 Å². The van der Waals surface area contributed by atoms with Gasteiger partial charge in [-0.05, 0) is 49.4 Å². The fraction of sp³-hybridized carbons (Fsp3) is 0.333. The number of ether oxygens (including phenoxy) is 1. The molecule has 0 saturated carbocycles. The van der Waals surface area contributed by atoms with Gasteiger partial charge in [0.15, 0.2) is 0 Å². The van der Waals surface area contributed by atoms with Crippen LogP contribution >= 0.6 is 0 Å². The second-order valence-corrected chi connectivity index (χ2v) is 7.72. The summed E-state index contributed by atoms with van der Waals surface area (Å²) in [5, 5.41) is 7.81. The van der Waals surface area contributed by atoms with E-state index >= 15 is 0 Å². The lowest BCUT2D eigenvalue weighted by atomic mass is 10.0. The Kier molecular flexibility index (Phi) is 5.76. The number of nitrogens with one attached hydrogen (secondary N) is 1. The van der Waals surface area contributed by atoms with Crippen LogP contribution in [0.2, 0.25) is 0 Å². The third-order valence-corrected chi connectivity index (χ3v) is 5.49. The molecule has 2 aromatic carbocycles. The van der Waals surface area contributed by atoms with Crippen LogP contribution in [0.5, 0.6) is 0 Å². The van der Waals surface area contributed by atoms with Crippen LogP contribution in [0, 0.1) is 13.8 Å². The molecular weight excluding hydrogens is 362 g/mol. The van der Waals surface area contributed by atoms with Gasteiger partial charge in [0.05, 0.1) is 18.2 Å². The zero-order chi connectivity index (χ0) is 20.2. The van der Waals surface area contributed by atoms with Crippen molar-refractivity contribution in [3.8, 4) is 11.3 Å². The molecule has 1 fully saturated rings. The Balaban J connectivity index is 1.63. The third-order valence-electron chi connectivity index (χ3n) is 5.49. The molecule has 4 rings (SSSR count). The summed E-state index contributed by atoms with van der Waals surface area (Å²) in [7, 11) is 0. The Morgan fingerprint density at radius 2 is 2.00 bits per heavy atom. The van der Waals surface area contributed by atoms with E-state index in [0.717, 1.165) is 30.6 Å². The number of hydrogen-bond acceptors (Lipinski definition) is 3. The van der Waals surface area contributed by atoms with E-state index in [0.29, 0.717) is 24.3 Å². The molecule has 0 bridgehead atoms. The first kappa shape index (κ1) is 19.4. The molecule has 0 unspecified atom stereocenters. The van der Waals surface area contributed by atoms with E-state index in [-0.39, 0.29) is 12.0 Å². The number of amides is 1. The smallest absolute Gasteiger partial charge is 0.255 e. The highest BCUT2D eigenvalue weighted by Crippen LogP contribution is 2.25.